The van der Waals surface area contributed by atoms with Crippen molar-refractivity contribution in [2.24, 2.45) is 5.10 Å². The predicted octanol–water partition coefficient (Wildman–Crippen LogP) is 2.59. The molecule has 0 aliphatic carbocycles. The molecule has 2 aromatic rings. The van der Waals surface area contributed by atoms with E-state index in [4.69, 9.17) is 4.74 Å². The zero-order valence-corrected chi connectivity index (χ0v) is 13.8. The van der Waals surface area contributed by atoms with Crippen LogP contribution in [0.25, 0.3) is 0 Å². The van der Waals surface area contributed by atoms with Crippen LogP contribution in [-0.2, 0) is 4.79 Å². The number of rotatable bonds is 6. The summed E-state index contributed by atoms with van der Waals surface area (Å²) < 4.78 is 6.14. The highest BCUT2D eigenvalue weighted by molar-refractivity contribution is 9.10. The number of phenolic OH excluding ortho intramolecular Hbond substituents is 1. The first-order valence-electron chi connectivity index (χ1n) is 6.63. The molecule has 0 heterocycles. The van der Waals surface area contributed by atoms with E-state index in [0.717, 1.165) is 22.8 Å². The molecule has 24 heavy (non-hydrogen) atoms. The lowest BCUT2D eigenvalue weighted by molar-refractivity contribution is -0.384. The lowest BCUT2D eigenvalue weighted by Crippen LogP contribution is -2.24. The van der Waals surface area contributed by atoms with Crippen LogP contribution in [0.2, 0.25) is 0 Å². The molecule has 2 N–H and O–H groups in total. The molecule has 0 radical (unpaired) electrons. The summed E-state index contributed by atoms with van der Waals surface area (Å²) in [6.45, 7) is -0.250. The number of nitrogens with one attached hydrogen (secondary N) is 1. The molecule has 0 saturated heterocycles. The van der Waals surface area contributed by atoms with E-state index in [1.165, 1.54) is 6.07 Å². The van der Waals surface area contributed by atoms with E-state index in [1.807, 2.05) is 0 Å². The molecule has 0 fully saturated rings. The molecule has 0 spiro atoms. The monoisotopic (exact) mass is 393 g/mol. The van der Waals surface area contributed by atoms with Gasteiger partial charge in [0.05, 0.1) is 11.1 Å². The molecule has 0 aromatic heterocycles. The number of halogens is 1. The molecule has 9 heteroatoms. The third-order valence-electron chi connectivity index (χ3n) is 2.80. The normalized spacial score (nSPS) is 10.5. The summed E-state index contributed by atoms with van der Waals surface area (Å²) in [7, 11) is 0. The standard InChI is InChI=1S/C15H12BrN3O5/c16-11-1-4-13(5-2-11)24-9-15(21)18-17-8-10-7-12(19(22)23)3-6-14(10)20/h1-8,20H,9H2,(H,18,21)/b17-8-. The topological polar surface area (TPSA) is 114 Å². The van der Waals surface area contributed by atoms with E-state index in [9.17, 15) is 20.0 Å². The number of hydrogen-bond donors (Lipinski definition) is 2. The third kappa shape index (κ3) is 5.06. The maximum absolute atomic E-state index is 11.6. The average Bonchev–Trinajstić information content (AvgIpc) is 2.56. The van der Waals surface area contributed by atoms with Gasteiger partial charge in [-0.3, -0.25) is 14.9 Å². The van der Waals surface area contributed by atoms with E-state index in [2.05, 4.69) is 26.5 Å². The van der Waals surface area contributed by atoms with Gasteiger partial charge in [-0.2, -0.15) is 5.10 Å². The fourth-order valence-corrected chi connectivity index (χ4v) is 1.91. The molecule has 0 saturated carbocycles. The molecule has 8 nitrogen and oxygen atoms in total. The van der Waals surface area contributed by atoms with Crippen molar-refractivity contribution in [1.82, 2.24) is 5.43 Å². The number of hydrogen-bond acceptors (Lipinski definition) is 6. The minimum Gasteiger partial charge on any atom is -0.507 e. The van der Waals surface area contributed by atoms with E-state index < -0.39 is 10.8 Å². The Morgan fingerprint density at radius 3 is 2.71 bits per heavy atom. The number of benzene rings is 2. The Hall–Kier alpha value is -2.94. The van der Waals surface area contributed by atoms with E-state index in [-0.39, 0.29) is 23.6 Å². The highest BCUT2D eigenvalue weighted by Crippen LogP contribution is 2.21. The number of non-ortho nitro benzene ring substituents is 1. The third-order valence-corrected chi connectivity index (χ3v) is 3.33. The minimum absolute atomic E-state index is 0.110. The van der Waals surface area contributed by atoms with Gasteiger partial charge < -0.3 is 9.84 Å². The zero-order chi connectivity index (χ0) is 17.5. The van der Waals surface area contributed by atoms with Crippen molar-refractivity contribution >= 4 is 33.7 Å². The van der Waals surface area contributed by atoms with Crippen molar-refractivity contribution in [2.75, 3.05) is 6.61 Å². The number of phenols is 1. The van der Waals surface area contributed by atoms with Gasteiger partial charge in [0.15, 0.2) is 6.61 Å². The Morgan fingerprint density at radius 1 is 1.33 bits per heavy atom. The van der Waals surface area contributed by atoms with E-state index in [0.29, 0.717) is 5.75 Å². The van der Waals surface area contributed by atoms with Crippen molar-refractivity contribution in [3.8, 4) is 11.5 Å². The van der Waals surface area contributed by atoms with Crippen LogP contribution in [0.3, 0.4) is 0 Å². The number of hydrazone groups is 1. The Labute approximate surface area is 145 Å². The fraction of sp³-hybridized carbons (Fsp3) is 0.0667. The first-order chi connectivity index (χ1) is 11.5. The maximum atomic E-state index is 11.6. The quantitative estimate of drug-likeness (QED) is 0.444. The Morgan fingerprint density at radius 2 is 2.04 bits per heavy atom. The summed E-state index contributed by atoms with van der Waals surface area (Å²) in [6.07, 6.45) is 1.11. The Kier molecular flexibility index (Phi) is 5.85. The van der Waals surface area contributed by atoms with Crippen LogP contribution in [0.1, 0.15) is 5.56 Å². The van der Waals surface area contributed by atoms with Crippen molar-refractivity contribution in [3.05, 3.63) is 62.6 Å². The second-order valence-electron chi connectivity index (χ2n) is 4.54. The van der Waals surface area contributed by atoms with Gasteiger partial charge in [-0.1, -0.05) is 15.9 Å². The second kappa shape index (κ2) is 8.06. The number of nitro groups is 1. The van der Waals surface area contributed by atoms with Gasteiger partial charge in [0.1, 0.15) is 11.5 Å². The van der Waals surface area contributed by atoms with Gasteiger partial charge in [0.25, 0.3) is 11.6 Å². The highest BCUT2D eigenvalue weighted by Gasteiger charge is 2.09. The smallest absolute Gasteiger partial charge is 0.277 e. The summed E-state index contributed by atoms with van der Waals surface area (Å²) in [5.74, 6) is -0.183. The van der Waals surface area contributed by atoms with Crippen molar-refractivity contribution < 1.29 is 19.6 Å². The largest absolute Gasteiger partial charge is 0.507 e. The molecule has 2 aromatic carbocycles. The first kappa shape index (κ1) is 17.4. The number of amides is 1. The Bertz CT molecular complexity index is 777. The van der Waals surface area contributed by atoms with E-state index >= 15 is 0 Å². The van der Waals surface area contributed by atoms with Crippen molar-refractivity contribution in [2.45, 2.75) is 0 Å². The van der Waals surface area contributed by atoms with Gasteiger partial charge in [-0.25, -0.2) is 5.43 Å². The number of ether oxygens (including phenoxy) is 1. The van der Waals surface area contributed by atoms with Crippen LogP contribution >= 0.6 is 15.9 Å². The van der Waals surface area contributed by atoms with Crippen LogP contribution in [0.5, 0.6) is 11.5 Å². The first-order valence-corrected chi connectivity index (χ1v) is 7.42. The minimum atomic E-state index is -0.596. The van der Waals surface area contributed by atoms with Gasteiger partial charge in [0, 0.05) is 22.2 Å². The maximum Gasteiger partial charge on any atom is 0.277 e. The fourth-order valence-electron chi connectivity index (χ4n) is 1.64. The lowest BCUT2D eigenvalue weighted by atomic mass is 10.2. The number of aromatic hydroxyl groups is 1. The molecule has 1 amide bonds. The second-order valence-corrected chi connectivity index (χ2v) is 5.45. The van der Waals surface area contributed by atoms with Crippen LogP contribution in [0, 0.1) is 10.1 Å². The van der Waals surface area contributed by atoms with Gasteiger partial charge >= 0.3 is 0 Å². The van der Waals surface area contributed by atoms with Gasteiger partial charge in [-0.15, -0.1) is 0 Å². The molecular weight excluding hydrogens is 382 g/mol. The molecular formula is C15H12BrN3O5. The average molecular weight is 394 g/mol. The molecule has 0 bridgehead atoms. The molecule has 0 aliphatic heterocycles. The lowest BCUT2D eigenvalue weighted by Gasteiger charge is -2.04. The Balaban J connectivity index is 1.89. The zero-order valence-electron chi connectivity index (χ0n) is 12.2. The van der Waals surface area contributed by atoms with Crippen LogP contribution < -0.4 is 10.2 Å². The number of carbonyl (C=O) groups is 1. The van der Waals surface area contributed by atoms with Crippen molar-refractivity contribution in [1.29, 1.82) is 0 Å². The van der Waals surface area contributed by atoms with E-state index in [1.54, 1.807) is 24.3 Å². The molecule has 2 rings (SSSR count). The molecule has 124 valence electrons. The van der Waals surface area contributed by atoms with Crippen molar-refractivity contribution in [3.63, 3.8) is 0 Å². The number of nitro benzene ring substituents is 1. The summed E-state index contributed by atoms with van der Waals surface area (Å²) in [4.78, 5) is 21.7. The van der Waals surface area contributed by atoms with Gasteiger partial charge in [-0.05, 0) is 30.3 Å². The SMILES string of the molecule is O=C(COc1ccc(Br)cc1)N/N=C\c1cc([N+](=O)[O-])ccc1O. The number of carbonyl (C=O) groups excluding carboxylic acids is 1. The summed E-state index contributed by atoms with van der Waals surface area (Å²) in [5, 5.41) is 23.9. The summed E-state index contributed by atoms with van der Waals surface area (Å²) in [6, 6.07) is 10.4. The van der Waals surface area contributed by atoms with Crippen LogP contribution in [-0.4, -0.2) is 28.8 Å². The predicted molar refractivity (Wildman–Crippen MR) is 90.1 cm³/mol. The van der Waals surface area contributed by atoms with Gasteiger partial charge in [0.2, 0.25) is 0 Å². The number of nitrogens with zero attached hydrogens (tertiary/aromatic N) is 2. The molecule has 0 aliphatic rings. The molecule has 0 unspecified atom stereocenters. The van der Waals surface area contributed by atoms with Crippen LogP contribution in [0.15, 0.2) is 52.0 Å². The summed E-state index contributed by atoms with van der Waals surface area (Å²) >= 11 is 3.29. The summed E-state index contributed by atoms with van der Waals surface area (Å²) in [5.41, 5.74) is 2.12. The highest BCUT2D eigenvalue weighted by atomic mass is 79.9. The van der Waals surface area contributed by atoms with Crippen LogP contribution in [0.4, 0.5) is 5.69 Å². The molecule has 0 atom stereocenters.